The molecule has 1 heterocycles. The smallest absolute Gasteiger partial charge is 0.327 e. The van der Waals surface area contributed by atoms with Gasteiger partial charge in [0.2, 0.25) is 0 Å². The van der Waals surface area contributed by atoms with Crippen LogP contribution in [0.25, 0.3) is 0 Å². The molecule has 2 atom stereocenters. The summed E-state index contributed by atoms with van der Waals surface area (Å²) in [6, 6.07) is 0. The first-order valence-corrected chi connectivity index (χ1v) is 13.2. The maximum Gasteiger partial charge on any atom is 0.327 e. The highest BCUT2D eigenvalue weighted by Gasteiger charge is 2.42. The first kappa shape index (κ1) is 29.3. The molecule has 2 N–H and O–H groups in total. The van der Waals surface area contributed by atoms with Crippen molar-refractivity contribution in [1.29, 1.82) is 0 Å². The van der Waals surface area contributed by atoms with Crippen molar-refractivity contribution < 1.29 is 46.7 Å². The fourth-order valence-electron chi connectivity index (χ4n) is 3.40. The number of hydrogen-bond acceptors (Lipinski definition) is 9. The fourth-order valence-corrected chi connectivity index (χ4v) is 4.05. The molecular formula is C22H38O10S. The van der Waals surface area contributed by atoms with Gasteiger partial charge in [0.15, 0.2) is 5.25 Å². The number of hydrogen-bond donors (Lipinski definition) is 2. The molecule has 0 radical (unpaired) electrons. The molecule has 0 aliphatic carbocycles. The highest BCUT2D eigenvalue weighted by Crippen LogP contribution is 2.23. The number of aliphatic hydroxyl groups excluding tert-OH is 1. The second kappa shape index (κ2) is 15.2. The van der Waals surface area contributed by atoms with E-state index in [-0.39, 0.29) is 13.0 Å². The van der Waals surface area contributed by atoms with E-state index in [2.05, 4.69) is 6.92 Å². The van der Waals surface area contributed by atoms with Crippen LogP contribution in [0, 0.1) is 5.41 Å². The van der Waals surface area contributed by atoms with E-state index in [9.17, 15) is 27.9 Å². The number of cyclic esters (lactones) is 2. The summed E-state index contributed by atoms with van der Waals surface area (Å²) in [6.07, 6.45) is 10.6. The van der Waals surface area contributed by atoms with E-state index in [1.54, 1.807) is 0 Å². The van der Waals surface area contributed by atoms with Crippen LogP contribution < -0.4 is 0 Å². The average molecular weight is 495 g/mol. The maximum absolute atomic E-state index is 12.1. The first-order chi connectivity index (χ1) is 15.6. The number of aliphatic hydroxyl groups is 1. The number of rotatable bonds is 15. The molecule has 0 aromatic heterocycles. The number of carbonyl (C=O) groups is 3. The molecule has 1 aliphatic heterocycles. The summed E-state index contributed by atoms with van der Waals surface area (Å²) < 4.78 is 46.9. The van der Waals surface area contributed by atoms with E-state index in [0.29, 0.717) is 6.42 Å². The third kappa shape index (κ3) is 11.8. The summed E-state index contributed by atoms with van der Waals surface area (Å²) in [4.78, 5) is 35.9. The molecule has 1 saturated heterocycles. The lowest BCUT2D eigenvalue weighted by Gasteiger charge is -2.29. The monoisotopic (exact) mass is 494 g/mol. The molecule has 1 aliphatic rings. The molecule has 0 amide bonds. The van der Waals surface area contributed by atoms with E-state index in [1.165, 1.54) is 38.5 Å². The van der Waals surface area contributed by atoms with E-state index >= 15 is 0 Å². The van der Waals surface area contributed by atoms with Gasteiger partial charge < -0.3 is 19.3 Å². The molecular weight excluding hydrogens is 456 g/mol. The van der Waals surface area contributed by atoms with Crippen LogP contribution in [0.1, 0.15) is 84.0 Å². The van der Waals surface area contributed by atoms with Crippen molar-refractivity contribution in [2.45, 2.75) is 89.2 Å². The third-order valence-electron chi connectivity index (χ3n) is 5.64. The second-order valence-electron chi connectivity index (χ2n) is 8.73. The van der Waals surface area contributed by atoms with Crippen molar-refractivity contribution in [2.75, 3.05) is 26.4 Å². The minimum atomic E-state index is -4.88. The molecule has 0 aromatic carbocycles. The zero-order valence-corrected chi connectivity index (χ0v) is 20.3. The van der Waals surface area contributed by atoms with Crippen LogP contribution in [-0.4, -0.2) is 67.7 Å². The molecule has 192 valence electrons. The second-order valence-corrected chi connectivity index (χ2v) is 10.3. The predicted octanol–water partition coefficient (Wildman–Crippen LogP) is 2.57. The van der Waals surface area contributed by atoms with E-state index in [1.807, 2.05) is 0 Å². The topological polar surface area (TPSA) is 154 Å². The minimum Gasteiger partial charge on any atom is -0.465 e. The van der Waals surface area contributed by atoms with Crippen molar-refractivity contribution >= 4 is 28.0 Å². The van der Waals surface area contributed by atoms with Crippen LogP contribution in [0.15, 0.2) is 0 Å². The van der Waals surface area contributed by atoms with Gasteiger partial charge in [0.25, 0.3) is 10.1 Å². The van der Waals surface area contributed by atoms with Crippen LogP contribution in [0.4, 0.5) is 0 Å². The molecule has 0 spiro atoms. The largest absolute Gasteiger partial charge is 0.465 e. The summed E-state index contributed by atoms with van der Waals surface area (Å²) in [5.41, 5.74) is -1.42. The molecule has 1 rings (SSSR count). The lowest BCUT2D eigenvalue weighted by atomic mass is 9.92. The Hall–Kier alpha value is -1.72. The van der Waals surface area contributed by atoms with E-state index in [4.69, 9.17) is 18.8 Å². The number of esters is 3. The Morgan fingerprint density at radius 2 is 1.55 bits per heavy atom. The Labute approximate surface area is 196 Å². The summed E-state index contributed by atoms with van der Waals surface area (Å²) >= 11 is 0. The lowest BCUT2D eigenvalue weighted by molar-refractivity contribution is -0.161. The van der Waals surface area contributed by atoms with Gasteiger partial charge in [0.1, 0.15) is 19.8 Å². The Morgan fingerprint density at radius 1 is 1.00 bits per heavy atom. The van der Waals surface area contributed by atoms with Gasteiger partial charge in [-0.15, -0.1) is 0 Å². The Morgan fingerprint density at radius 3 is 2.09 bits per heavy atom. The lowest BCUT2D eigenvalue weighted by Crippen LogP contribution is -2.42. The van der Waals surface area contributed by atoms with E-state index < -0.39 is 64.9 Å². The van der Waals surface area contributed by atoms with Crippen LogP contribution in [-0.2, 0) is 38.7 Å². The van der Waals surface area contributed by atoms with Crippen LogP contribution in [0.5, 0.6) is 0 Å². The molecule has 2 unspecified atom stereocenters. The molecule has 0 bridgehead atoms. The Kier molecular flexibility index (Phi) is 13.5. The maximum atomic E-state index is 12.1. The summed E-state index contributed by atoms with van der Waals surface area (Å²) in [7, 11) is -4.88. The molecule has 0 aromatic rings. The Balaban J connectivity index is 2.40. The quantitative estimate of drug-likeness (QED) is 0.150. The van der Waals surface area contributed by atoms with Gasteiger partial charge in [-0.1, -0.05) is 64.7 Å². The fraction of sp³-hybridized carbons (Fsp3) is 0.864. The summed E-state index contributed by atoms with van der Waals surface area (Å²) in [5.74, 6) is -2.90. The van der Waals surface area contributed by atoms with Crippen molar-refractivity contribution in [1.82, 2.24) is 0 Å². The zero-order chi connectivity index (χ0) is 24.7. The predicted molar refractivity (Wildman–Crippen MR) is 119 cm³/mol. The SMILES string of the molecule is CCCCCCCCCCCCC(=O)OCC1(CO)COC(=O)CC(S(=O)(=O)O)C(=O)OC1. The zero-order valence-electron chi connectivity index (χ0n) is 19.5. The number of carbonyl (C=O) groups excluding carboxylic acids is 3. The van der Waals surface area contributed by atoms with Crippen LogP contribution in [0.3, 0.4) is 0 Å². The van der Waals surface area contributed by atoms with Gasteiger partial charge in [-0.05, 0) is 6.42 Å². The minimum absolute atomic E-state index is 0.197. The van der Waals surface area contributed by atoms with Gasteiger partial charge in [0, 0.05) is 6.42 Å². The standard InChI is InChI=1S/C22H38O10S/c1-2-3-4-5-6-7-8-9-10-11-12-19(24)30-15-22(14-23)16-31-20(25)13-18(33(27,28)29)21(26)32-17-22/h18,23H,2-17H2,1H3,(H,27,28,29). The van der Waals surface area contributed by atoms with Crippen LogP contribution in [0.2, 0.25) is 0 Å². The normalized spacial score (nSPS) is 22.0. The van der Waals surface area contributed by atoms with Crippen molar-refractivity contribution in [3.8, 4) is 0 Å². The number of ether oxygens (including phenoxy) is 3. The van der Waals surface area contributed by atoms with Crippen LogP contribution >= 0.6 is 0 Å². The average Bonchev–Trinajstić information content (AvgIpc) is 2.83. The van der Waals surface area contributed by atoms with Crippen molar-refractivity contribution in [3.05, 3.63) is 0 Å². The molecule has 10 nitrogen and oxygen atoms in total. The number of unbranched alkanes of at least 4 members (excludes halogenated alkanes) is 9. The van der Waals surface area contributed by atoms with Gasteiger partial charge in [-0.3, -0.25) is 18.9 Å². The highest BCUT2D eigenvalue weighted by atomic mass is 32.2. The van der Waals surface area contributed by atoms with E-state index in [0.717, 1.165) is 19.3 Å². The molecule has 1 fully saturated rings. The first-order valence-electron chi connectivity index (χ1n) is 11.7. The third-order valence-corrected chi connectivity index (χ3v) is 6.72. The Bertz CT molecular complexity index is 721. The molecule has 0 saturated carbocycles. The van der Waals surface area contributed by atoms with Gasteiger partial charge >= 0.3 is 17.9 Å². The van der Waals surface area contributed by atoms with Gasteiger partial charge in [0.05, 0.1) is 18.4 Å². The van der Waals surface area contributed by atoms with Crippen molar-refractivity contribution in [2.24, 2.45) is 5.41 Å². The summed E-state index contributed by atoms with van der Waals surface area (Å²) in [6.45, 7) is 0.179. The van der Waals surface area contributed by atoms with Gasteiger partial charge in [-0.25, -0.2) is 0 Å². The summed E-state index contributed by atoms with van der Waals surface area (Å²) in [5, 5.41) is 7.67. The van der Waals surface area contributed by atoms with Gasteiger partial charge in [-0.2, -0.15) is 8.42 Å². The van der Waals surface area contributed by atoms with Crippen molar-refractivity contribution in [3.63, 3.8) is 0 Å². The highest BCUT2D eigenvalue weighted by molar-refractivity contribution is 7.87. The molecule has 11 heteroatoms. The molecule has 33 heavy (non-hydrogen) atoms.